The van der Waals surface area contributed by atoms with Crippen molar-refractivity contribution in [3.05, 3.63) is 258 Å². The van der Waals surface area contributed by atoms with Crippen LogP contribution in [0.4, 0.5) is 17.1 Å². The van der Waals surface area contributed by atoms with Crippen LogP contribution in [0.15, 0.2) is 229 Å². The van der Waals surface area contributed by atoms with E-state index >= 15 is 0 Å². The summed E-state index contributed by atoms with van der Waals surface area (Å²) in [5.74, 6) is 0. The van der Waals surface area contributed by atoms with Crippen molar-refractivity contribution in [3.63, 3.8) is 0 Å². The minimum absolute atomic E-state index is 0.230. The fraction of sp³-hybridized carbons (Fsp3) is 0.0625. The van der Waals surface area contributed by atoms with Gasteiger partial charge in [0.05, 0.1) is 5.41 Å². The lowest BCUT2D eigenvalue weighted by Gasteiger charge is -2.30. The Hall–Kier alpha value is -8.20. The molecule has 0 saturated heterocycles. The van der Waals surface area contributed by atoms with Crippen molar-refractivity contribution in [1.29, 1.82) is 0 Å². The summed E-state index contributed by atoms with van der Waals surface area (Å²) >= 11 is 0. The smallest absolute Gasteiger partial charge is 0.136 e. The standard InChI is InChI=1S/C64H43NO/c1-63(2)56-37-42(27-32-48(56)49-34-31-46(39-57(49)63)65(44-17-7-4-8-18-44)45-29-25-41(26-30-45)40-15-5-3-6-16-40)43-28-33-50-47-19-9-12-22-53(47)64(58(50)38-43)54-23-13-10-20-51(54)61-55(64)35-36-60-62(61)52-21-11-14-24-59(52)66-60/h3-39H,1-2H3. The van der Waals surface area contributed by atoms with E-state index in [4.69, 9.17) is 4.42 Å². The molecular weight excluding hydrogens is 799 g/mol. The maximum atomic E-state index is 6.51. The molecule has 11 aromatic rings. The van der Waals surface area contributed by atoms with Gasteiger partial charge >= 0.3 is 0 Å². The molecule has 0 bridgehead atoms. The van der Waals surface area contributed by atoms with E-state index in [1.165, 1.54) is 94.4 Å². The van der Waals surface area contributed by atoms with Gasteiger partial charge in [-0.1, -0.05) is 178 Å². The predicted octanol–water partition coefficient (Wildman–Crippen LogP) is 17.0. The van der Waals surface area contributed by atoms with Crippen LogP contribution in [-0.4, -0.2) is 0 Å². The monoisotopic (exact) mass is 841 g/mol. The first-order valence-electron chi connectivity index (χ1n) is 23.1. The first-order chi connectivity index (χ1) is 32.5. The summed E-state index contributed by atoms with van der Waals surface area (Å²) in [6.45, 7) is 4.79. The zero-order valence-corrected chi connectivity index (χ0v) is 36.7. The normalized spacial score (nSPS) is 15.6. The third kappa shape index (κ3) is 5.01. The Morgan fingerprint density at radius 1 is 0.333 bits per heavy atom. The molecule has 2 nitrogen and oxygen atoms in total. The highest BCUT2D eigenvalue weighted by molar-refractivity contribution is 6.16. The minimum Gasteiger partial charge on any atom is -0.456 e. The summed E-state index contributed by atoms with van der Waals surface area (Å²) in [4.78, 5) is 2.39. The number of hydrogen-bond donors (Lipinski definition) is 0. The maximum Gasteiger partial charge on any atom is 0.136 e. The molecule has 0 fully saturated rings. The summed E-state index contributed by atoms with van der Waals surface area (Å²) in [7, 11) is 0. The van der Waals surface area contributed by atoms with Gasteiger partial charge in [-0.05, 0) is 150 Å². The first kappa shape index (κ1) is 37.2. The second-order valence-corrected chi connectivity index (χ2v) is 18.8. The lowest BCUT2D eigenvalue weighted by molar-refractivity contribution is 0.660. The number of fused-ring (bicyclic) bond motifs is 17. The largest absolute Gasteiger partial charge is 0.456 e. The molecule has 310 valence electrons. The van der Waals surface area contributed by atoms with E-state index in [9.17, 15) is 0 Å². The Morgan fingerprint density at radius 3 is 1.61 bits per heavy atom. The molecule has 0 saturated carbocycles. The molecule has 0 aliphatic heterocycles. The summed E-state index contributed by atoms with van der Waals surface area (Å²) in [6.07, 6.45) is 0. The number of rotatable bonds is 5. The van der Waals surface area contributed by atoms with Gasteiger partial charge in [0.1, 0.15) is 11.2 Å². The maximum absolute atomic E-state index is 6.51. The van der Waals surface area contributed by atoms with Gasteiger partial charge in [-0.15, -0.1) is 0 Å². The van der Waals surface area contributed by atoms with Crippen molar-refractivity contribution >= 4 is 39.0 Å². The van der Waals surface area contributed by atoms with Crippen LogP contribution in [0.5, 0.6) is 0 Å². The Labute approximate surface area is 384 Å². The van der Waals surface area contributed by atoms with E-state index < -0.39 is 5.41 Å². The summed E-state index contributed by atoms with van der Waals surface area (Å²) in [6, 6.07) is 83.0. The minimum atomic E-state index is -0.477. The molecule has 2 heteroatoms. The highest BCUT2D eigenvalue weighted by Crippen LogP contribution is 2.65. The van der Waals surface area contributed by atoms with Crippen molar-refractivity contribution in [2.45, 2.75) is 24.7 Å². The number of hydrogen-bond acceptors (Lipinski definition) is 2. The molecule has 1 spiro atoms. The Bertz CT molecular complexity index is 3780. The molecular formula is C64H43NO. The van der Waals surface area contributed by atoms with E-state index in [0.717, 1.165) is 33.6 Å². The van der Waals surface area contributed by atoms with Gasteiger partial charge in [-0.3, -0.25) is 0 Å². The highest BCUT2D eigenvalue weighted by atomic mass is 16.3. The molecule has 10 aromatic carbocycles. The SMILES string of the molecule is CC1(C)c2cc(-c3ccc4c(c3)C3(c5ccccc5-4)c4ccccc4-c4c3ccc3oc5ccccc5c43)ccc2-c2ccc(N(c3ccccc3)c3ccc(-c4ccccc4)cc3)cc21. The number of furan rings is 1. The molecule has 1 aromatic heterocycles. The average Bonchev–Trinajstić information content (AvgIpc) is 4.06. The van der Waals surface area contributed by atoms with Crippen molar-refractivity contribution < 1.29 is 4.42 Å². The first-order valence-corrected chi connectivity index (χ1v) is 23.1. The molecule has 0 amide bonds. The zero-order chi connectivity index (χ0) is 43.7. The van der Waals surface area contributed by atoms with E-state index in [1.807, 2.05) is 0 Å². The predicted molar refractivity (Wildman–Crippen MR) is 273 cm³/mol. The van der Waals surface area contributed by atoms with Crippen LogP contribution >= 0.6 is 0 Å². The van der Waals surface area contributed by atoms with Gasteiger partial charge in [0, 0.05) is 33.2 Å². The zero-order valence-electron chi connectivity index (χ0n) is 36.7. The Kier molecular flexibility index (Phi) is 7.70. The molecule has 66 heavy (non-hydrogen) atoms. The van der Waals surface area contributed by atoms with Crippen molar-refractivity contribution in [2.24, 2.45) is 0 Å². The number of nitrogens with zero attached hydrogens (tertiary/aromatic N) is 1. The number of anilines is 3. The van der Waals surface area contributed by atoms with Gasteiger partial charge in [-0.25, -0.2) is 0 Å². The average molecular weight is 842 g/mol. The molecule has 1 heterocycles. The molecule has 1 unspecified atom stereocenters. The van der Waals surface area contributed by atoms with Crippen molar-refractivity contribution in [1.82, 2.24) is 0 Å². The van der Waals surface area contributed by atoms with Gasteiger partial charge < -0.3 is 9.32 Å². The lowest BCUT2D eigenvalue weighted by atomic mass is 9.70. The summed E-state index contributed by atoms with van der Waals surface area (Å²) in [5, 5.41) is 2.36. The van der Waals surface area contributed by atoms with Crippen LogP contribution in [0, 0.1) is 0 Å². The molecule has 0 radical (unpaired) electrons. The van der Waals surface area contributed by atoms with Gasteiger partial charge in [0.25, 0.3) is 0 Å². The van der Waals surface area contributed by atoms with Crippen molar-refractivity contribution in [3.8, 4) is 55.6 Å². The Balaban J connectivity index is 0.893. The van der Waals surface area contributed by atoms with Crippen LogP contribution in [-0.2, 0) is 10.8 Å². The van der Waals surface area contributed by atoms with Crippen LogP contribution < -0.4 is 4.90 Å². The molecule has 1 atom stereocenters. The summed E-state index contributed by atoms with van der Waals surface area (Å²) in [5.41, 5.74) is 25.3. The van der Waals surface area contributed by atoms with Crippen LogP contribution in [0.2, 0.25) is 0 Å². The van der Waals surface area contributed by atoms with Crippen LogP contribution in [0.25, 0.3) is 77.6 Å². The van der Waals surface area contributed by atoms with E-state index in [0.29, 0.717) is 0 Å². The third-order valence-corrected chi connectivity index (χ3v) is 15.1. The molecule has 3 aliphatic carbocycles. The quantitative estimate of drug-likeness (QED) is 0.172. The summed E-state index contributed by atoms with van der Waals surface area (Å²) < 4.78 is 6.51. The number of para-hydroxylation sites is 2. The lowest BCUT2D eigenvalue weighted by Crippen LogP contribution is -2.25. The molecule has 3 aliphatic rings. The fourth-order valence-corrected chi connectivity index (χ4v) is 12.1. The Morgan fingerprint density at radius 2 is 0.848 bits per heavy atom. The van der Waals surface area contributed by atoms with Gasteiger partial charge in [0.2, 0.25) is 0 Å². The van der Waals surface area contributed by atoms with Gasteiger partial charge in [-0.2, -0.15) is 0 Å². The highest BCUT2D eigenvalue weighted by Gasteiger charge is 2.52. The van der Waals surface area contributed by atoms with E-state index in [2.05, 4.69) is 243 Å². The van der Waals surface area contributed by atoms with Gasteiger partial charge in [0.15, 0.2) is 0 Å². The van der Waals surface area contributed by atoms with Crippen LogP contribution in [0.3, 0.4) is 0 Å². The van der Waals surface area contributed by atoms with Crippen LogP contribution in [0.1, 0.15) is 47.2 Å². The third-order valence-electron chi connectivity index (χ3n) is 15.1. The van der Waals surface area contributed by atoms with E-state index in [1.54, 1.807) is 0 Å². The molecule has 0 N–H and O–H groups in total. The second-order valence-electron chi connectivity index (χ2n) is 18.8. The fourth-order valence-electron chi connectivity index (χ4n) is 12.1. The van der Waals surface area contributed by atoms with Crippen molar-refractivity contribution in [2.75, 3.05) is 4.90 Å². The van der Waals surface area contributed by atoms with E-state index in [-0.39, 0.29) is 5.41 Å². The number of benzene rings is 10. The topological polar surface area (TPSA) is 16.4 Å². The second kappa shape index (κ2) is 13.7. The molecule has 14 rings (SSSR count).